The van der Waals surface area contributed by atoms with Crippen molar-refractivity contribution in [3.63, 3.8) is 0 Å². The van der Waals surface area contributed by atoms with Gasteiger partial charge in [0.05, 0.1) is 64.9 Å². The van der Waals surface area contributed by atoms with Crippen LogP contribution in [-0.2, 0) is 107 Å². The smallest absolute Gasteiger partial charge is 0.266 e. The van der Waals surface area contributed by atoms with Gasteiger partial charge in [-0.25, -0.2) is 69.4 Å². The first-order valence-electron chi connectivity index (χ1n) is 44.3. The van der Waals surface area contributed by atoms with Crippen molar-refractivity contribution in [2.45, 2.75) is 194 Å². The molecule has 12 N–H and O–H groups in total. The Morgan fingerprint density at radius 1 is 0.363 bits per heavy atom. The van der Waals surface area contributed by atoms with Crippen LogP contribution in [0.4, 0.5) is 17.1 Å². The van der Waals surface area contributed by atoms with Gasteiger partial charge in [0.15, 0.2) is 0 Å². The summed E-state index contributed by atoms with van der Waals surface area (Å²) in [6.45, 7) is 34.3. The van der Waals surface area contributed by atoms with E-state index in [9.17, 15) is 84.1 Å². The Kier molecular flexibility index (Phi) is 35.0. The standard InChI is InChI=1S/C21H24N2O4S.C20H21NO4S.C15H18N2O4S.C14H24N2O3S.C14H18N2O3S.C13H22N2O3S/c1-4-16-13-21(16,2)20(24)23-28(25,26)19-12-15(10-11-18(19)22-3)14-27-17-8-6-5-7-9-17;1-3-16-13-20(16,2)19(22)21-26(23,24)18-11-9-17(10-12-18)25-14-15-7-5-4-6-8-15;1-4-11-9-15(11,3)14(19)17-22(20,21)13-8-6-5-7-12(13)16-10(2)18;2*1-4-10-9-14(10,2)13(17)16-20(18,19)12-8-6-5-7-11(12)15-3;1-3-9-8-13(9,2)12(16)15-19(17,18)11-7-5-4-6-10(11)14/h4-12,16,22H,1,13-14H2,2-3H3,(H,23,24);3-12,16H,1,13-14H2,2H3,(H,21,22);4-8,11H,1,9H2,2-3H3,(H,16,18)(H,17,19);4,10-12,15H,1,5-9H2,2-3H3,(H,16,17);4-8,10,15H,1,9H2,2-3H3,(H,16,17);3,9-11H,1,4-8,14H2,2H3,(H,15,16)/t16-,21+;16-,20+;11-,15+;10-,11?,12?,14+;10-,14+;9-,10?,11?,13+/m111111/s1. The molecule has 16 atom stereocenters. The lowest BCUT2D eigenvalue weighted by Crippen LogP contribution is -2.51. The molecule has 8 saturated carbocycles. The van der Waals surface area contributed by atoms with Crippen LogP contribution in [0.15, 0.2) is 247 Å². The van der Waals surface area contributed by atoms with Crippen LogP contribution >= 0.6 is 0 Å². The molecule has 32 nitrogen and oxygen atoms in total. The van der Waals surface area contributed by atoms with Crippen LogP contribution in [-0.4, -0.2) is 136 Å². The van der Waals surface area contributed by atoms with Gasteiger partial charge in [-0.3, -0.25) is 43.0 Å². The molecule has 8 fully saturated rings. The minimum Gasteiger partial charge on any atom is -0.489 e. The Hall–Kier alpha value is -11.1. The quantitative estimate of drug-likeness (QED) is 0.0167. The third-order valence-corrected chi connectivity index (χ3v) is 35.9. The first-order valence-corrected chi connectivity index (χ1v) is 53.4. The number of para-hydroxylation sites is 3. The molecule has 6 aromatic rings. The second kappa shape index (κ2) is 43.9. The summed E-state index contributed by atoms with van der Waals surface area (Å²) >= 11 is 0. The average Bonchev–Trinajstić information content (AvgIpc) is 1.61. The van der Waals surface area contributed by atoms with Crippen LogP contribution in [0.25, 0.3) is 0 Å². The van der Waals surface area contributed by atoms with E-state index < -0.39 is 139 Å². The summed E-state index contributed by atoms with van der Waals surface area (Å²) in [5.41, 5.74) is 4.54. The van der Waals surface area contributed by atoms with E-state index in [1.165, 1.54) is 49.4 Å². The molecule has 0 spiro atoms. The molecule has 0 bridgehead atoms. The zero-order chi connectivity index (χ0) is 99.9. The Morgan fingerprint density at radius 3 is 1.07 bits per heavy atom. The van der Waals surface area contributed by atoms with E-state index in [0.717, 1.165) is 37.7 Å². The van der Waals surface area contributed by atoms with E-state index in [1.54, 1.807) is 148 Å². The maximum Gasteiger partial charge on any atom is 0.266 e. The first kappa shape index (κ1) is 108. The normalized spacial score (nSPS) is 26.9. The minimum atomic E-state index is -4.06. The topological polar surface area (TPSA) is 489 Å². The van der Waals surface area contributed by atoms with Gasteiger partial charge in [0.2, 0.25) is 61.4 Å². The van der Waals surface area contributed by atoms with Gasteiger partial charge >= 0.3 is 0 Å². The van der Waals surface area contributed by atoms with Crippen molar-refractivity contribution in [2.24, 2.45) is 73.7 Å². The predicted octanol–water partition coefficient (Wildman–Crippen LogP) is 12.1. The fourth-order valence-electron chi connectivity index (χ4n) is 16.3. The van der Waals surface area contributed by atoms with E-state index in [2.05, 4.69) is 89.1 Å². The highest BCUT2D eigenvalue weighted by Crippen LogP contribution is 2.57. The SMILES string of the molecule is C=C[C@@H]1C[C@]1(C)C(=O)NS(=O)(=O)C1CCCCC1N.C=C[C@@H]1C[C@]1(C)C(=O)NS(=O)(=O)C1CCCCC1NC.C=C[C@@H]1C[C@]1(C)C(=O)NS(=O)(=O)c1cc(COc2ccccc2)ccc1NC.C=C[C@@H]1C[C@]1(C)C(=O)NS(=O)(=O)c1ccc(OCc2ccccc2)cc1.C=C[C@@H]1C[C@]1(C)C(=O)NS(=O)(=O)c1ccccc1NC.C=C[C@@H]1C[C@]1(C)C(=O)NS(=O)(=O)c1ccccc1NC(C)=O. The third kappa shape index (κ3) is 26.6. The first-order chi connectivity index (χ1) is 63.4. The van der Waals surface area contributed by atoms with Gasteiger partial charge in [-0.05, 0) is 191 Å². The molecule has 8 aliphatic carbocycles. The summed E-state index contributed by atoms with van der Waals surface area (Å²) in [5, 5.41) is 10.0. The highest BCUT2D eigenvalue weighted by atomic mass is 32.2. The molecule has 0 saturated heterocycles. The molecule has 0 heterocycles. The molecule has 0 aromatic heterocycles. The van der Waals surface area contributed by atoms with Gasteiger partial charge < -0.3 is 36.5 Å². The molecule has 14 rings (SSSR count). The van der Waals surface area contributed by atoms with Crippen molar-refractivity contribution < 1.29 is 93.5 Å². The lowest BCUT2D eigenvalue weighted by molar-refractivity contribution is -0.125. The Bertz CT molecular complexity index is 6180. The lowest BCUT2D eigenvalue weighted by atomic mass is 9.95. The minimum absolute atomic E-state index is 0.00271. The zero-order valence-corrected chi connectivity index (χ0v) is 82.7. The number of amides is 7. The van der Waals surface area contributed by atoms with Crippen molar-refractivity contribution in [3.05, 3.63) is 239 Å². The number of carbonyl (C=O) groups is 7. The Balaban J connectivity index is 0.000000183. The number of ether oxygens (including phenoxy) is 2. The maximum atomic E-state index is 12.9. The summed E-state index contributed by atoms with van der Waals surface area (Å²) in [4.78, 5) is 84.5. The molecule has 135 heavy (non-hydrogen) atoms. The Labute approximate surface area is 795 Å². The van der Waals surface area contributed by atoms with Crippen molar-refractivity contribution in [1.29, 1.82) is 0 Å². The number of benzene rings is 6. The molecule has 0 aliphatic heterocycles. The van der Waals surface area contributed by atoms with Crippen molar-refractivity contribution >= 4 is 119 Å². The van der Waals surface area contributed by atoms with Crippen LogP contribution in [0.2, 0.25) is 0 Å². The van der Waals surface area contributed by atoms with Crippen LogP contribution in [0.3, 0.4) is 0 Å². The lowest BCUT2D eigenvalue weighted by Gasteiger charge is -2.31. The molecule has 38 heteroatoms. The van der Waals surface area contributed by atoms with Gasteiger partial charge in [0, 0.05) is 33.1 Å². The summed E-state index contributed by atoms with van der Waals surface area (Å²) in [5.74, 6) is -1.80. The number of carbonyl (C=O) groups excluding carboxylic acids is 7. The van der Waals surface area contributed by atoms with Crippen molar-refractivity contribution in [2.75, 3.05) is 37.1 Å². The number of hydrogen-bond donors (Lipinski definition) is 11. The van der Waals surface area contributed by atoms with E-state index in [0.29, 0.717) is 92.8 Å². The van der Waals surface area contributed by atoms with Gasteiger partial charge in [-0.1, -0.05) is 183 Å². The maximum absolute atomic E-state index is 12.9. The van der Waals surface area contributed by atoms with E-state index in [1.807, 2.05) is 60.7 Å². The van der Waals surface area contributed by atoms with Crippen LogP contribution in [0.1, 0.15) is 149 Å². The number of nitrogens with two attached hydrogens (primary N) is 1. The van der Waals surface area contributed by atoms with E-state index in [-0.39, 0.29) is 85.4 Å². The molecule has 7 amide bonds. The summed E-state index contributed by atoms with van der Waals surface area (Å²) in [7, 11) is -18.1. The number of sulfonamides is 6. The molecule has 0 radical (unpaired) electrons. The molecule has 732 valence electrons. The highest BCUT2D eigenvalue weighted by molar-refractivity contribution is 7.92. The Morgan fingerprint density at radius 2 is 0.681 bits per heavy atom. The summed E-state index contributed by atoms with van der Waals surface area (Å²) in [6, 6.07) is 41.8. The second-order valence-corrected chi connectivity index (χ2v) is 47.0. The summed E-state index contributed by atoms with van der Waals surface area (Å²) < 4.78 is 174. The molecule has 6 aromatic carbocycles. The van der Waals surface area contributed by atoms with E-state index >= 15 is 0 Å². The molecular formula is C97H127N11O21S6. The predicted molar refractivity (Wildman–Crippen MR) is 520 cm³/mol. The number of nitrogens with one attached hydrogen (secondary N) is 10. The fraction of sp³-hybridized carbons (Fsp3) is 0.433. The molecular weight excluding hydrogens is 1850 g/mol. The van der Waals surface area contributed by atoms with Crippen LogP contribution in [0, 0.1) is 68.0 Å². The second-order valence-electron chi connectivity index (χ2n) is 36.5. The van der Waals surface area contributed by atoms with Crippen LogP contribution < -0.4 is 64.8 Å². The number of hydrogen-bond acceptors (Lipinski definition) is 25. The van der Waals surface area contributed by atoms with Gasteiger partial charge in [-0.15, -0.1) is 39.5 Å². The summed E-state index contributed by atoms with van der Waals surface area (Å²) in [6.07, 6.45) is 20.3. The van der Waals surface area contributed by atoms with Gasteiger partial charge in [-0.2, -0.15) is 0 Å². The van der Waals surface area contributed by atoms with Gasteiger partial charge in [0.1, 0.15) is 39.4 Å². The number of rotatable bonds is 34. The molecule has 8 aliphatic rings. The van der Waals surface area contributed by atoms with E-state index in [4.69, 9.17) is 15.2 Å². The average molecular weight is 1980 g/mol. The number of allylic oxidation sites excluding steroid dienone is 6. The fourth-order valence-corrected chi connectivity index (χ4v) is 24.8. The third-order valence-electron chi connectivity index (χ3n) is 26.7. The molecule has 4 unspecified atom stereocenters. The monoisotopic (exact) mass is 1970 g/mol. The largest absolute Gasteiger partial charge is 0.489 e. The van der Waals surface area contributed by atoms with Crippen molar-refractivity contribution in [3.8, 4) is 11.5 Å². The van der Waals surface area contributed by atoms with Crippen LogP contribution in [0.5, 0.6) is 11.5 Å². The zero-order valence-electron chi connectivity index (χ0n) is 77.8. The highest BCUT2D eigenvalue weighted by Gasteiger charge is 2.60. The number of anilines is 3. The van der Waals surface area contributed by atoms with Crippen molar-refractivity contribution in [1.82, 2.24) is 33.6 Å². The van der Waals surface area contributed by atoms with Gasteiger partial charge in [0.25, 0.3) is 40.1 Å².